The second-order valence-electron chi connectivity index (χ2n) is 17.5. The molecule has 3 heterocycles. The molecule has 2 fully saturated rings. The molecule has 4 aliphatic rings. The maximum atomic E-state index is 14.7. The second-order valence-corrected chi connectivity index (χ2v) is 18.4. The summed E-state index contributed by atoms with van der Waals surface area (Å²) < 4.78 is 66.8. The summed E-state index contributed by atoms with van der Waals surface area (Å²) in [4.78, 5) is 57.3. The summed E-state index contributed by atoms with van der Waals surface area (Å²) in [6.45, 7) is 6.53. The number of likely N-dealkylation sites (tertiary alicyclic amines) is 2. The van der Waals surface area contributed by atoms with Crippen molar-refractivity contribution in [3.8, 4) is 0 Å². The number of aromatic nitrogens is 2. The van der Waals surface area contributed by atoms with Gasteiger partial charge in [-0.1, -0.05) is 36.0 Å². The Balaban J connectivity index is 0.000000188. The summed E-state index contributed by atoms with van der Waals surface area (Å²) in [5, 5.41) is 7.84. The lowest BCUT2D eigenvalue weighted by molar-refractivity contribution is 0.101. The Kier molecular flexibility index (Phi) is 20.7. The van der Waals surface area contributed by atoms with Crippen LogP contribution >= 0.6 is 35.6 Å². The topological polar surface area (TPSA) is 173 Å². The van der Waals surface area contributed by atoms with Crippen molar-refractivity contribution in [3.05, 3.63) is 146 Å². The summed E-state index contributed by atoms with van der Waals surface area (Å²) in [7, 11) is 0. The van der Waals surface area contributed by atoms with Crippen LogP contribution in [0.4, 0.5) is 38.5 Å². The average Bonchev–Trinajstić information content (AvgIpc) is 4.15. The molecule has 2 aliphatic heterocycles. The lowest BCUT2D eigenvalue weighted by atomic mass is 10.0. The van der Waals surface area contributed by atoms with Gasteiger partial charge in [0.05, 0.1) is 16.1 Å². The molecule has 4 aromatic carbocycles. The van der Waals surface area contributed by atoms with Crippen LogP contribution in [-0.2, 0) is 22.3 Å². The molecule has 2 saturated heterocycles. The highest BCUT2D eigenvalue weighted by molar-refractivity contribution is 6.31. The molecule has 21 heteroatoms. The van der Waals surface area contributed by atoms with Crippen LogP contribution in [0.1, 0.15) is 106 Å². The molecule has 5 N–H and O–H groups in total. The number of piperidine rings is 2. The number of fused-ring (bicyclic) bond motifs is 2. The largest absolute Gasteiger partial charge is 0.448 e. The van der Waals surface area contributed by atoms with Crippen LogP contribution in [0.2, 0.25) is 10.0 Å². The van der Waals surface area contributed by atoms with Crippen molar-refractivity contribution in [3.63, 3.8) is 0 Å². The highest BCUT2D eigenvalue weighted by atomic mass is 35.5. The number of anilines is 2. The number of nitrogens with one attached hydrogen (secondary N) is 3. The summed E-state index contributed by atoms with van der Waals surface area (Å²) >= 11 is 11.5. The maximum Gasteiger partial charge on any atom is 0.419 e. The normalized spacial score (nSPS) is 17.1. The zero-order chi connectivity index (χ0) is 50.4. The number of amides is 3. The molecule has 0 radical (unpaired) electrons. The van der Waals surface area contributed by atoms with Gasteiger partial charge >= 0.3 is 12.2 Å². The lowest BCUT2D eigenvalue weighted by Crippen LogP contribution is -2.35. The summed E-state index contributed by atoms with van der Waals surface area (Å²) in [5.74, 6) is -2.88. The number of halogens is 7. The van der Waals surface area contributed by atoms with E-state index in [-0.39, 0.29) is 47.0 Å². The number of alkyl carbamates (subject to hydrolysis) is 1. The van der Waals surface area contributed by atoms with Crippen molar-refractivity contribution in [2.75, 3.05) is 63.1 Å². The standard InChI is InChI=1S/C24H26ClF2N3O3.C16H13ClF2N2O.C11H17N3O2.ClH/c25-18-14-15(4-7-19(18)26)28-23(31)17-5-8-20(27)22-16(17)6-9-21(22)29-24(32)33-13-12-30-10-2-1-3-11-30;17-11-7-8(1-4-12(11)18)21-16(22)10-2-5-13(19)15-9(10)3-6-14(15)20;15-11(14-7-4-12-10-14)16-9-8-13-5-2-1-3-6-13;/h4-5,7-8,14,21H,1-3,6,9-13H2,(H,28,31)(H,29,32);1-2,4-5,7,14H,3,6,20H2,(H,21,22);4,7,10H,1-3,5-6,8-9H2;1H/t21-;14-;;/m00../s1. The van der Waals surface area contributed by atoms with E-state index in [1.807, 2.05) is 0 Å². The number of carbonyl (C=O) groups excluding carboxylic acids is 4. The number of nitrogens with zero attached hydrogens (tertiary/aromatic N) is 4. The average molecular weight is 1060 g/mol. The first-order valence-corrected chi connectivity index (χ1v) is 24.4. The van der Waals surface area contributed by atoms with Gasteiger partial charge in [-0.05, 0) is 149 Å². The van der Waals surface area contributed by atoms with Gasteiger partial charge in [-0.25, -0.2) is 36.7 Å². The van der Waals surface area contributed by atoms with Gasteiger partial charge < -0.3 is 31.2 Å². The number of nitrogens with two attached hydrogens (primary N) is 1. The van der Waals surface area contributed by atoms with E-state index in [1.165, 1.54) is 91.2 Å². The fourth-order valence-electron chi connectivity index (χ4n) is 9.10. The van der Waals surface area contributed by atoms with E-state index < -0.39 is 41.4 Å². The Morgan fingerprint density at radius 2 is 1.14 bits per heavy atom. The van der Waals surface area contributed by atoms with Gasteiger partial charge in [0.25, 0.3) is 11.8 Å². The third-order valence-corrected chi connectivity index (χ3v) is 13.3. The molecular formula is C51H57Cl3F4N8O6. The minimum absolute atomic E-state index is 0. The highest BCUT2D eigenvalue weighted by Gasteiger charge is 2.32. The number of imidazole rings is 1. The van der Waals surface area contributed by atoms with Crippen LogP contribution in [0, 0.1) is 23.3 Å². The van der Waals surface area contributed by atoms with Crippen LogP contribution in [-0.4, -0.2) is 95.8 Å². The first-order valence-electron chi connectivity index (χ1n) is 23.7. The van der Waals surface area contributed by atoms with Crippen LogP contribution in [0.15, 0.2) is 79.4 Å². The van der Waals surface area contributed by atoms with E-state index in [0.29, 0.717) is 83.6 Å². The summed E-state index contributed by atoms with van der Waals surface area (Å²) in [6, 6.07) is 12.1. The second kappa shape index (κ2) is 26.8. The summed E-state index contributed by atoms with van der Waals surface area (Å²) in [5.41, 5.74) is 9.14. The third kappa shape index (κ3) is 14.9. The molecule has 9 rings (SSSR count). The molecule has 0 spiro atoms. The molecule has 0 saturated carbocycles. The third-order valence-electron chi connectivity index (χ3n) is 12.7. The zero-order valence-electron chi connectivity index (χ0n) is 39.4. The Morgan fingerprint density at radius 3 is 1.65 bits per heavy atom. The Hall–Kier alpha value is -5.76. The lowest BCUT2D eigenvalue weighted by Gasteiger charge is -2.26. The Morgan fingerprint density at radius 1 is 0.653 bits per heavy atom. The predicted molar refractivity (Wildman–Crippen MR) is 269 cm³/mol. The van der Waals surface area contributed by atoms with Gasteiger partial charge in [0.2, 0.25) is 0 Å². The van der Waals surface area contributed by atoms with Gasteiger partial charge in [-0.15, -0.1) is 12.4 Å². The van der Waals surface area contributed by atoms with E-state index in [2.05, 4.69) is 30.7 Å². The number of hydrogen-bond donors (Lipinski definition) is 4. The molecule has 0 bridgehead atoms. The predicted octanol–water partition coefficient (Wildman–Crippen LogP) is 10.7. The Bertz CT molecular complexity index is 2670. The van der Waals surface area contributed by atoms with Crippen molar-refractivity contribution in [2.24, 2.45) is 5.73 Å². The number of carbonyl (C=O) groups is 4. The number of ether oxygens (including phenoxy) is 2. The first kappa shape index (κ1) is 55.6. The molecule has 2 atom stereocenters. The molecule has 1 aromatic heterocycles. The van der Waals surface area contributed by atoms with Crippen molar-refractivity contribution >= 4 is 71.0 Å². The fraction of sp³-hybridized carbons (Fsp3) is 0.392. The van der Waals surface area contributed by atoms with E-state index >= 15 is 0 Å². The molecule has 0 unspecified atom stereocenters. The van der Waals surface area contributed by atoms with E-state index in [1.54, 1.807) is 12.4 Å². The monoisotopic (exact) mass is 1060 g/mol. The molecule has 386 valence electrons. The number of rotatable bonds is 11. The van der Waals surface area contributed by atoms with Crippen molar-refractivity contribution in [2.45, 2.75) is 76.3 Å². The van der Waals surface area contributed by atoms with E-state index in [0.717, 1.165) is 51.6 Å². The SMILES string of the molecule is Cl.N[C@H]1CCc2c(C(=O)Nc3ccc(F)c(Cl)c3)ccc(F)c21.O=C(N[C@H]1CCc2c(C(=O)Nc3ccc(F)c(Cl)c3)ccc(F)c21)OCCN1CCCCC1.O=C(OCCN1CCCCC1)n1ccnc1. The minimum Gasteiger partial charge on any atom is -0.448 e. The van der Waals surface area contributed by atoms with Crippen LogP contribution < -0.4 is 21.7 Å². The van der Waals surface area contributed by atoms with Gasteiger partial charge in [-0.2, -0.15) is 0 Å². The molecule has 72 heavy (non-hydrogen) atoms. The first-order chi connectivity index (χ1) is 34.2. The fourth-order valence-corrected chi connectivity index (χ4v) is 9.46. The van der Waals surface area contributed by atoms with Crippen LogP contribution in [0.25, 0.3) is 0 Å². The van der Waals surface area contributed by atoms with Crippen molar-refractivity contribution in [1.82, 2.24) is 24.7 Å². The van der Waals surface area contributed by atoms with Crippen molar-refractivity contribution < 1.29 is 46.2 Å². The smallest absolute Gasteiger partial charge is 0.419 e. The number of benzene rings is 4. The van der Waals surface area contributed by atoms with Crippen LogP contribution in [0.5, 0.6) is 0 Å². The molecule has 3 amide bonds. The van der Waals surface area contributed by atoms with Gasteiger partial charge in [0, 0.05) is 65.2 Å². The zero-order valence-corrected chi connectivity index (χ0v) is 41.7. The minimum atomic E-state index is -0.597. The number of hydrogen-bond acceptors (Lipinski definition) is 10. The maximum absolute atomic E-state index is 14.7. The quantitative estimate of drug-likeness (QED) is 0.0933. The Labute approximate surface area is 431 Å². The van der Waals surface area contributed by atoms with Gasteiger partial charge in [-0.3, -0.25) is 19.4 Å². The van der Waals surface area contributed by atoms with Gasteiger partial charge in [0.1, 0.15) is 42.8 Å². The molecule has 2 aliphatic carbocycles. The van der Waals surface area contributed by atoms with E-state index in [9.17, 15) is 36.7 Å². The summed E-state index contributed by atoms with van der Waals surface area (Å²) in [6.07, 6.45) is 13.1. The van der Waals surface area contributed by atoms with Crippen molar-refractivity contribution in [1.29, 1.82) is 0 Å². The highest BCUT2D eigenvalue weighted by Crippen LogP contribution is 2.37. The molecule has 5 aromatic rings. The molecular weight excluding hydrogens is 1000 g/mol. The van der Waals surface area contributed by atoms with Crippen LogP contribution in [0.3, 0.4) is 0 Å². The molecule has 14 nitrogen and oxygen atoms in total. The van der Waals surface area contributed by atoms with E-state index in [4.69, 9.17) is 38.4 Å². The van der Waals surface area contributed by atoms with Gasteiger partial charge in [0.15, 0.2) is 0 Å².